The van der Waals surface area contributed by atoms with E-state index >= 15 is 0 Å². The minimum atomic E-state index is -0.678. The molecule has 2 aromatic carbocycles. The smallest absolute Gasteiger partial charge is 0.303 e. The molecule has 8 heteroatoms. The molecular weight excluding hydrogens is 562 g/mol. The van der Waals surface area contributed by atoms with Crippen molar-refractivity contribution >= 4 is 28.6 Å². The van der Waals surface area contributed by atoms with E-state index in [2.05, 4.69) is 37.9 Å². The van der Waals surface area contributed by atoms with Crippen LogP contribution in [0.2, 0.25) is 5.02 Å². The second-order valence-corrected chi connectivity index (χ2v) is 13.3. The van der Waals surface area contributed by atoms with Gasteiger partial charge in [-0.25, -0.2) is 0 Å². The van der Waals surface area contributed by atoms with Gasteiger partial charge in [0.1, 0.15) is 22.5 Å². The number of halogens is 1. The molecular formula is C35H54ClN3O4. The number of aryl methyl sites for hydroxylation is 1. The SMILES string of the molecule is CCCCCCC(O)CCCCCCCCCCC(=O)O.Cc1cc(-n2nc3ccc(Cl)cc3n2)c(O)c(C(C)(C)C)c1. The maximum atomic E-state index is 10.7. The Kier molecular flexibility index (Phi) is 16.1. The van der Waals surface area contributed by atoms with Gasteiger partial charge in [-0.05, 0) is 61.4 Å². The minimum absolute atomic E-state index is 0.0853. The first-order valence-corrected chi connectivity index (χ1v) is 16.6. The van der Waals surface area contributed by atoms with E-state index in [0.717, 1.165) is 55.2 Å². The van der Waals surface area contributed by atoms with Crippen LogP contribution in [0.3, 0.4) is 0 Å². The fourth-order valence-electron chi connectivity index (χ4n) is 5.15. The summed E-state index contributed by atoms with van der Waals surface area (Å²) in [4.78, 5) is 11.8. The van der Waals surface area contributed by atoms with Gasteiger partial charge in [0.2, 0.25) is 0 Å². The molecule has 0 aliphatic heterocycles. The van der Waals surface area contributed by atoms with Gasteiger partial charge in [0.25, 0.3) is 0 Å². The molecule has 0 radical (unpaired) electrons. The third-order valence-electron chi connectivity index (χ3n) is 7.67. The van der Waals surface area contributed by atoms with Gasteiger partial charge < -0.3 is 15.3 Å². The number of carboxylic acid groups (broad SMARTS) is 1. The van der Waals surface area contributed by atoms with Crippen LogP contribution in [-0.4, -0.2) is 42.4 Å². The number of hydrogen-bond donors (Lipinski definition) is 3. The quantitative estimate of drug-likeness (QED) is 0.130. The first kappa shape index (κ1) is 36.6. The molecule has 0 bridgehead atoms. The summed E-state index contributed by atoms with van der Waals surface area (Å²) in [7, 11) is 0. The van der Waals surface area contributed by atoms with Crippen molar-refractivity contribution in [2.45, 2.75) is 142 Å². The second kappa shape index (κ2) is 18.9. The van der Waals surface area contributed by atoms with Gasteiger partial charge in [0.05, 0.1) is 6.10 Å². The number of fused-ring (bicyclic) bond motifs is 1. The number of aromatic nitrogens is 3. The Bertz CT molecular complexity index is 1250. The lowest BCUT2D eigenvalue weighted by Crippen LogP contribution is -2.13. The number of hydrogen-bond acceptors (Lipinski definition) is 5. The van der Waals surface area contributed by atoms with Crippen LogP contribution in [0.4, 0.5) is 0 Å². The first-order valence-electron chi connectivity index (χ1n) is 16.2. The lowest BCUT2D eigenvalue weighted by molar-refractivity contribution is -0.137. The summed E-state index contributed by atoms with van der Waals surface area (Å²) in [6.07, 6.45) is 16.3. The zero-order valence-electron chi connectivity index (χ0n) is 27.0. The number of aliphatic hydroxyl groups is 1. The van der Waals surface area contributed by atoms with Crippen molar-refractivity contribution in [2.24, 2.45) is 0 Å². The number of rotatable bonds is 17. The molecule has 0 amide bonds. The predicted octanol–water partition coefficient (Wildman–Crippen LogP) is 9.69. The molecule has 0 saturated heterocycles. The van der Waals surface area contributed by atoms with E-state index in [1.54, 1.807) is 12.1 Å². The van der Waals surface area contributed by atoms with Gasteiger partial charge in [-0.2, -0.15) is 0 Å². The fourth-order valence-corrected chi connectivity index (χ4v) is 5.31. The Hall–Kier alpha value is -2.64. The standard InChI is InChI=1S/C18H36O3.C17H18ClN3O/c1-2-3-4-11-14-17(19)15-12-9-7-5-6-8-10-13-16-18(20)21;1-10-7-12(17(2,3)4)16(22)15(8-10)21-19-13-6-5-11(18)9-14(13)20-21/h17,19H,2-16H2,1H3,(H,20,21);5-9,22H,1-4H3. The summed E-state index contributed by atoms with van der Waals surface area (Å²) in [5, 5.41) is 38.5. The molecule has 3 N–H and O–H groups in total. The van der Waals surface area contributed by atoms with Crippen LogP contribution in [0, 0.1) is 6.92 Å². The molecule has 3 rings (SSSR count). The summed E-state index contributed by atoms with van der Waals surface area (Å²) in [5.41, 5.74) is 3.78. The van der Waals surface area contributed by atoms with Crippen LogP contribution in [0.25, 0.3) is 16.7 Å². The minimum Gasteiger partial charge on any atom is -0.505 e. The van der Waals surface area contributed by atoms with E-state index in [9.17, 15) is 15.0 Å². The normalized spacial score (nSPS) is 12.3. The van der Waals surface area contributed by atoms with Crippen LogP contribution in [0.5, 0.6) is 5.75 Å². The summed E-state index contributed by atoms with van der Waals surface area (Å²) < 4.78 is 0. The molecule has 0 saturated carbocycles. The summed E-state index contributed by atoms with van der Waals surface area (Å²) >= 11 is 5.99. The van der Waals surface area contributed by atoms with E-state index < -0.39 is 5.97 Å². The van der Waals surface area contributed by atoms with Crippen LogP contribution in [0.1, 0.15) is 135 Å². The molecule has 43 heavy (non-hydrogen) atoms. The lowest BCUT2D eigenvalue weighted by Gasteiger charge is -2.22. The number of carbonyl (C=O) groups is 1. The van der Waals surface area contributed by atoms with Crippen molar-refractivity contribution in [3.05, 3.63) is 46.5 Å². The third-order valence-corrected chi connectivity index (χ3v) is 7.90. The molecule has 240 valence electrons. The Balaban J connectivity index is 0.000000301. The van der Waals surface area contributed by atoms with Crippen molar-refractivity contribution in [1.29, 1.82) is 0 Å². The number of benzene rings is 2. The number of nitrogens with zero attached hydrogens (tertiary/aromatic N) is 3. The number of aliphatic carboxylic acids is 1. The van der Waals surface area contributed by atoms with Crippen molar-refractivity contribution in [2.75, 3.05) is 0 Å². The summed E-state index contributed by atoms with van der Waals surface area (Å²) in [5.74, 6) is -0.465. The van der Waals surface area contributed by atoms with Crippen molar-refractivity contribution in [3.8, 4) is 11.4 Å². The number of phenolic OH excluding ortho intramolecular Hbond substituents is 1. The maximum Gasteiger partial charge on any atom is 0.303 e. The molecule has 1 unspecified atom stereocenters. The van der Waals surface area contributed by atoms with E-state index in [0.29, 0.717) is 22.6 Å². The lowest BCUT2D eigenvalue weighted by atomic mass is 9.85. The van der Waals surface area contributed by atoms with E-state index in [1.165, 1.54) is 56.2 Å². The zero-order valence-corrected chi connectivity index (χ0v) is 27.8. The van der Waals surface area contributed by atoms with Crippen LogP contribution >= 0.6 is 11.6 Å². The molecule has 3 aromatic rings. The number of carboxylic acids is 1. The molecule has 1 aromatic heterocycles. The number of phenols is 1. The van der Waals surface area contributed by atoms with Crippen LogP contribution in [-0.2, 0) is 10.2 Å². The van der Waals surface area contributed by atoms with Crippen LogP contribution in [0.15, 0.2) is 30.3 Å². The highest BCUT2D eigenvalue weighted by Gasteiger charge is 2.22. The highest BCUT2D eigenvalue weighted by atomic mass is 35.5. The summed E-state index contributed by atoms with van der Waals surface area (Å²) in [6, 6.07) is 9.24. The molecule has 1 atom stereocenters. The van der Waals surface area contributed by atoms with Crippen molar-refractivity contribution < 1.29 is 20.1 Å². The number of unbranched alkanes of at least 4 members (excludes halogenated alkanes) is 10. The molecule has 0 aliphatic rings. The van der Waals surface area contributed by atoms with Gasteiger partial charge in [0.15, 0.2) is 0 Å². The van der Waals surface area contributed by atoms with Crippen molar-refractivity contribution in [1.82, 2.24) is 15.0 Å². The van der Waals surface area contributed by atoms with Gasteiger partial charge in [0, 0.05) is 17.0 Å². The highest BCUT2D eigenvalue weighted by Crippen LogP contribution is 2.36. The Morgan fingerprint density at radius 3 is 2.00 bits per heavy atom. The predicted molar refractivity (Wildman–Crippen MR) is 178 cm³/mol. The van der Waals surface area contributed by atoms with E-state index in [-0.39, 0.29) is 17.3 Å². The fraction of sp³-hybridized carbons (Fsp3) is 0.629. The third kappa shape index (κ3) is 13.7. The van der Waals surface area contributed by atoms with Gasteiger partial charge in [-0.1, -0.05) is 116 Å². The second-order valence-electron chi connectivity index (χ2n) is 12.8. The topological polar surface area (TPSA) is 108 Å². The molecule has 0 spiro atoms. The summed E-state index contributed by atoms with van der Waals surface area (Å²) in [6.45, 7) is 10.4. The monoisotopic (exact) mass is 615 g/mol. The zero-order chi connectivity index (χ0) is 31.8. The van der Waals surface area contributed by atoms with Gasteiger partial charge in [-0.3, -0.25) is 4.79 Å². The van der Waals surface area contributed by atoms with Crippen LogP contribution < -0.4 is 0 Å². The van der Waals surface area contributed by atoms with Gasteiger partial charge in [-0.15, -0.1) is 15.0 Å². The molecule has 1 heterocycles. The van der Waals surface area contributed by atoms with E-state index in [4.69, 9.17) is 16.7 Å². The Labute approximate surface area is 263 Å². The largest absolute Gasteiger partial charge is 0.505 e. The average molecular weight is 616 g/mol. The highest BCUT2D eigenvalue weighted by molar-refractivity contribution is 6.31. The van der Waals surface area contributed by atoms with E-state index in [1.807, 2.05) is 25.1 Å². The number of aliphatic hydroxyl groups excluding tert-OH is 1. The Morgan fingerprint density at radius 1 is 0.860 bits per heavy atom. The first-order chi connectivity index (χ1) is 20.4. The van der Waals surface area contributed by atoms with Crippen molar-refractivity contribution in [3.63, 3.8) is 0 Å². The molecule has 0 aliphatic carbocycles. The van der Waals surface area contributed by atoms with Gasteiger partial charge >= 0.3 is 5.97 Å². The molecule has 0 fully saturated rings. The Morgan fingerprint density at radius 2 is 1.42 bits per heavy atom. The maximum absolute atomic E-state index is 10.7. The number of aromatic hydroxyl groups is 1. The average Bonchev–Trinajstić information content (AvgIpc) is 3.36. The molecule has 7 nitrogen and oxygen atoms in total.